The maximum absolute atomic E-state index is 5.56. The zero-order chi connectivity index (χ0) is 13.9. The second kappa shape index (κ2) is 5.50. The fourth-order valence-corrected chi connectivity index (χ4v) is 2.58. The average Bonchev–Trinajstić information content (AvgIpc) is 2.86. The lowest BCUT2D eigenvalue weighted by Crippen LogP contribution is -2.46. The van der Waals surface area contributed by atoms with Crippen LogP contribution in [0.4, 0.5) is 11.9 Å². The summed E-state index contributed by atoms with van der Waals surface area (Å²) in [7, 11) is 0. The molecule has 2 heterocycles. The molecule has 1 saturated heterocycles. The fraction of sp³-hybridized carbons (Fsp3) is 0.429. The number of aryl methyl sites for hydroxylation is 1. The van der Waals surface area contributed by atoms with E-state index in [1.807, 2.05) is 0 Å². The van der Waals surface area contributed by atoms with Crippen LogP contribution in [0.3, 0.4) is 0 Å². The standard InChI is InChI=1S/C14H20N6/c1-11-3-2-4-12(9-11)10-19-5-7-20(8-6-19)14-16-13(15)17-18-14/h2-4,9H,5-8,10H2,1H3,(H3,15,16,17,18). The summed E-state index contributed by atoms with van der Waals surface area (Å²) in [5, 5.41) is 6.79. The van der Waals surface area contributed by atoms with Crippen molar-refractivity contribution in [3.8, 4) is 0 Å². The van der Waals surface area contributed by atoms with Crippen LogP contribution in [0.15, 0.2) is 24.3 Å². The van der Waals surface area contributed by atoms with E-state index >= 15 is 0 Å². The molecule has 2 aromatic rings. The van der Waals surface area contributed by atoms with Gasteiger partial charge in [0.25, 0.3) is 0 Å². The second-order valence-corrected chi connectivity index (χ2v) is 5.27. The molecule has 0 saturated carbocycles. The van der Waals surface area contributed by atoms with Gasteiger partial charge in [-0.2, -0.15) is 4.98 Å². The molecule has 20 heavy (non-hydrogen) atoms. The van der Waals surface area contributed by atoms with Crippen LogP contribution in [0.2, 0.25) is 0 Å². The van der Waals surface area contributed by atoms with E-state index in [0.29, 0.717) is 11.9 Å². The number of aromatic amines is 1. The third kappa shape index (κ3) is 2.91. The molecule has 1 aromatic carbocycles. The van der Waals surface area contributed by atoms with Crippen LogP contribution in [0.5, 0.6) is 0 Å². The number of piperazine rings is 1. The van der Waals surface area contributed by atoms with Crippen molar-refractivity contribution in [3.05, 3.63) is 35.4 Å². The fourth-order valence-electron chi connectivity index (χ4n) is 2.58. The monoisotopic (exact) mass is 272 g/mol. The normalized spacial score (nSPS) is 16.6. The van der Waals surface area contributed by atoms with E-state index in [1.54, 1.807) is 0 Å². The molecule has 1 aliphatic rings. The van der Waals surface area contributed by atoms with Crippen LogP contribution in [0, 0.1) is 6.92 Å². The van der Waals surface area contributed by atoms with Gasteiger partial charge in [-0.1, -0.05) is 29.8 Å². The molecule has 0 amide bonds. The van der Waals surface area contributed by atoms with E-state index in [0.717, 1.165) is 32.7 Å². The smallest absolute Gasteiger partial charge is 0.246 e. The number of hydrogen-bond donors (Lipinski definition) is 2. The topological polar surface area (TPSA) is 74.1 Å². The molecule has 3 rings (SSSR count). The Morgan fingerprint density at radius 2 is 2.05 bits per heavy atom. The van der Waals surface area contributed by atoms with Gasteiger partial charge >= 0.3 is 0 Å². The van der Waals surface area contributed by atoms with E-state index in [2.05, 4.69) is 56.2 Å². The van der Waals surface area contributed by atoms with Crippen molar-refractivity contribution in [1.29, 1.82) is 0 Å². The number of nitrogens with zero attached hydrogens (tertiary/aromatic N) is 4. The van der Waals surface area contributed by atoms with Crippen molar-refractivity contribution in [3.63, 3.8) is 0 Å². The molecule has 1 aromatic heterocycles. The first-order chi connectivity index (χ1) is 9.70. The number of nitrogen functional groups attached to an aromatic ring is 1. The van der Waals surface area contributed by atoms with Gasteiger partial charge in [0.15, 0.2) is 0 Å². The Labute approximate surface area is 118 Å². The van der Waals surface area contributed by atoms with Crippen LogP contribution >= 0.6 is 0 Å². The van der Waals surface area contributed by atoms with E-state index in [-0.39, 0.29) is 0 Å². The largest absolute Gasteiger partial charge is 0.368 e. The van der Waals surface area contributed by atoms with Crippen molar-refractivity contribution in [1.82, 2.24) is 20.1 Å². The number of H-pyrrole nitrogens is 1. The summed E-state index contributed by atoms with van der Waals surface area (Å²) in [5.41, 5.74) is 8.26. The molecule has 0 radical (unpaired) electrons. The third-order valence-corrected chi connectivity index (χ3v) is 3.63. The number of nitrogens with one attached hydrogen (secondary N) is 1. The number of hydrogen-bond acceptors (Lipinski definition) is 5. The molecule has 0 aliphatic carbocycles. The lowest BCUT2D eigenvalue weighted by Gasteiger charge is -2.34. The zero-order valence-corrected chi connectivity index (χ0v) is 11.7. The summed E-state index contributed by atoms with van der Waals surface area (Å²) in [6.07, 6.45) is 0. The van der Waals surface area contributed by atoms with Crippen molar-refractivity contribution < 1.29 is 0 Å². The first-order valence-corrected chi connectivity index (χ1v) is 6.91. The summed E-state index contributed by atoms with van der Waals surface area (Å²) in [6.45, 7) is 7.04. The summed E-state index contributed by atoms with van der Waals surface area (Å²) in [4.78, 5) is 8.80. The minimum absolute atomic E-state index is 0.377. The predicted molar refractivity (Wildman–Crippen MR) is 79.5 cm³/mol. The minimum Gasteiger partial charge on any atom is -0.368 e. The molecule has 0 spiro atoms. The average molecular weight is 272 g/mol. The number of rotatable bonds is 3. The molecule has 3 N–H and O–H groups in total. The Hall–Kier alpha value is -2.08. The van der Waals surface area contributed by atoms with Gasteiger partial charge in [0.1, 0.15) is 0 Å². The van der Waals surface area contributed by atoms with E-state index in [4.69, 9.17) is 5.73 Å². The Morgan fingerprint density at radius 3 is 2.70 bits per heavy atom. The van der Waals surface area contributed by atoms with Gasteiger partial charge in [-0.15, -0.1) is 5.10 Å². The predicted octanol–water partition coefficient (Wildman–Crippen LogP) is 1.02. The molecular formula is C14H20N6. The number of benzene rings is 1. The van der Waals surface area contributed by atoms with Gasteiger partial charge in [0.05, 0.1) is 0 Å². The van der Waals surface area contributed by atoms with E-state index in [1.165, 1.54) is 11.1 Å². The van der Waals surface area contributed by atoms with E-state index < -0.39 is 0 Å². The molecule has 1 aliphatic heterocycles. The first-order valence-electron chi connectivity index (χ1n) is 6.91. The summed E-state index contributed by atoms with van der Waals surface area (Å²) < 4.78 is 0. The van der Waals surface area contributed by atoms with Gasteiger partial charge in [-0.3, -0.25) is 4.90 Å². The van der Waals surface area contributed by atoms with Crippen LogP contribution in [0.1, 0.15) is 11.1 Å². The maximum Gasteiger partial charge on any atom is 0.246 e. The highest BCUT2D eigenvalue weighted by atomic mass is 15.4. The zero-order valence-electron chi connectivity index (χ0n) is 11.7. The number of nitrogens with two attached hydrogens (primary N) is 1. The maximum atomic E-state index is 5.56. The van der Waals surface area contributed by atoms with Crippen LogP contribution < -0.4 is 10.6 Å². The Bertz CT molecular complexity index is 571. The highest BCUT2D eigenvalue weighted by molar-refractivity contribution is 5.34. The molecule has 0 atom stereocenters. The third-order valence-electron chi connectivity index (χ3n) is 3.63. The molecule has 1 fully saturated rings. The summed E-state index contributed by atoms with van der Waals surface area (Å²) >= 11 is 0. The van der Waals surface area contributed by atoms with Crippen molar-refractivity contribution in [2.45, 2.75) is 13.5 Å². The van der Waals surface area contributed by atoms with Crippen molar-refractivity contribution in [2.75, 3.05) is 36.8 Å². The van der Waals surface area contributed by atoms with Crippen molar-refractivity contribution in [2.24, 2.45) is 0 Å². The summed E-state index contributed by atoms with van der Waals surface area (Å²) in [5.74, 6) is 1.08. The molecular weight excluding hydrogens is 252 g/mol. The van der Waals surface area contributed by atoms with Crippen LogP contribution in [-0.2, 0) is 6.54 Å². The first kappa shape index (κ1) is 12.9. The SMILES string of the molecule is Cc1cccc(CN2CCN(c3n[nH]c(N)n3)CC2)c1. The second-order valence-electron chi connectivity index (χ2n) is 5.27. The highest BCUT2D eigenvalue weighted by Crippen LogP contribution is 2.14. The molecule has 6 nitrogen and oxygen atoms in total. The van der Waals surface area contributed by atoms with Crippen LogP contribution in [0.25, 0.3) is 0 Å². The Morgan fingerprint density at radius 1 is 1.25 bits per heavy atom. The van der Waals surface area contributed by atoms with Gasteiger partial charge in [-0.25, -0.2) is 5.10 Å². The van der Waals surface area contributed by atoms with Crippen LogP contribution in [-0.4, -0.2) is 46.3 Å². The number of anilines is 2. The molecule has 0 bridgehead atoms. The van der Waals surface area contributed by atoms with Gasteiger partial charge in [0, 0.05) is 32.7 Å². The summed E-state index contributed by atoms with van der Waals surface area (Å²) in [6, 6.07) is 8.70. The quantitative estimate of drug-likeness (QED) is 0.872. The lowest BCUT2D eigenvalue weighted by molar-refractivity contribution is 0.248. The molecule has 0 unspecified atom stereocenters. The Kier molecular flexibility index (Phi) is 3.56. The minimum atomic E-state index is 0.377. The van der Waals surface area contributed by atoms with Crippen molar-refractivity contribution >= 4 is 11.9 Å². The van der Waals surface area contributed by atoms with Gasteiger partial charge in [-0.05, 0) is 12.5 Å². The lowest BCUT2D eigenvalue weighted by atomic mass is 10.1. The molecule has 106 valence electrons. The van der Waals surface area contributed by atoms with Gasteiger partial charge < -0.3 is 10.6 Å². The number of aromatic nitrogens is 3. The molecule has 6 heteroatoms. The highest BCUT2D eigenvalue weighted by Gasteiger charge is 2.19. The van der Waals surface area contributed by atoms with Gasteiger partial charge in [0.2, 0.25) is 11.9 Å². The Balaban J connectivity index is 1.56. The van der Waals surface area contributed by atoms with E-state index in [9.17, 15) is 0 Å².